The maximum atomic E-state index is 2.83. The summed E-state index contributed by atoms with van der Waals surface area (Å²) in [5, 5.41) is 5.42. The van der Waals surface area contributed by atoms with Crippen LogP contribution >= 0.6 is 0 Å². The van der Waals surface area contributed by atoms with Crippen molar-refractivity contribution < 1.29 is 46.1 Å². The van der Waals surface area contributed by atoms with Crippen molar-refractivity contribution in [3.8, 4) is 0 Å². The third kappa shape index (κ3) is 4.61. The third-order valence-corrected chi connectivity index (χ3v) is 27.4. The second-order valence-corrected chi connectivity index (χ2v) is 25.6. The molecule has 0 spiro atoms. The monoisotopic (exact) mass is 876 g/mol. The molecule has 0 aromatic heterocycles. The summed E-state index contributed by atoms with van der Waals surface area (Å²) in [6.45, 7) is 21.5. The predicted octanol–water partition coefficient (Wildman–Crippen LogP) is 8.28. The molecule has 0 bridgehead atoms. The molecule has 0 radical (unpaired) electrons. The van der Waals surface area contributed by atoms with E-state index >= 15 is 0 Å². The van der Waals surface area contributed by atoms with Crippen molar-refractivity contribution in [3.63, 3.8) is 0 Å². The molecule has 0 N–H and O–H groups in total. The van der Waals surface area contributed by atoms with E-state index in [2.05, 4.69) is 225 Å². The van der Waals surface area contributed by atoms with Gasteiger partial charge in [-0.25, -0.2) is 0 Å². The van der Waals surface area contributed by atoms with E-state index in [4.69, 9.17) is 0 Å². The van der Waals surface area contributed by atoms with Crippen LogP contribution in [-0.4, -0.2) is 3.21 Å². The Morgan fingerprint density at radius 3 is 1.60 bits per heavy atom. The Labute approximate surface area is 367 Å². The van der Waals surface area contributed by atoms with Crippen LogP contribution in [0.15, 0.2) is 179 Å². The van der Waals surface area contributed by atoms with Crippen molar-refractivity contribution in [3.05, 3.63) is 190 Å². The van der Waals surface area contributed by atoms with E-state index in [9.17, 15) is 0 Å². The van der Waals surface area contributed by atoms with Crippen molar-refractivity contribution in [2.24, 2.45) is 43.8 Å². The van der Waals surface area contributed by atoms with Gasteiger partial charge < -0.3 is 24.8 Å². The van der Waals surface area contributed by atoms with Crippen LogP contribution in [0, 0.1) is 43.8 Å². The topological polar surface area (TPSA) is 0 Å². The molecule has 3 heteroatoms. The molecule has 0 nitrogen and oxygen atoms in total. The van der Waals surface area contributed by atoms with E-state index in [1.165, 1.54) is 32.7 Å². The third-order valence-electron chi connectivity index (χ3n) is 18.3. The van der Waals surface area contributed by atoms with Gasteiger partial charge in [0.15, 0.2) is 0 Å². The molecule has 10 rings (SSSR count). The van der Waals surface area contributed by atoms with Crippen molar-refractivity contribution >= 4 is 24.8 Å². The molecule has 0 heterocycles. The minimum Gasteiger partial charge on any atom is -1.00 e. The molecule has 4 aromatic carbocycles. The van der Waals surface area contributed by atoms with Crippen LogP contribution in [0.25, 0.3) is 21.5 Å². The zero-order valence-corrected chi connectivity index (χ0v) is 39.3. The molecule has 9 unspecified atom stereocenters. The fourth-order valence-electron chi connectivity index (χ4n) is 14.7. The fourth-order valence-corrected chi connectivity index (χ4v) is 26.1. The maximum Gasteiger partial charge on any atom is -1.00 e. The number of fused-ring (bicyclic) bond motifs is 10. The molecule has 0 amide bonds. The molecular formula is C55H56Cl2Zr. The number of hydrogen-bond donors (Lipinski definition) is 0. The van der Waals surface area contributed by atoms with E-state index in [1.54, 1.807) is 12.1 Å². The second-order valence-electron chi connectivity index (χ2n) is 19.2. The van der Waals surface area contributed by atoms with Crippen LogP contribution in [0.5, 0.6) is 0 Å². The van der Waals surface area contributed by atoms with E-state index in [-0.39, 0.29) is 62.7 Å². The summed E-state index contributed by atoms with van der Waals surface area (Å²) < 4.78 is 3.85. The Balaban J connectivity index is 0.00000235. The molecule has 6 aliphatic rings. The average Bonchev–Trinajstić information content (AvgIpc) is 3.80. The van der Waals surface area contributed by atoms with Crippen molar-refractivity contribution in [2.45, 2.75) is 65.4 Å². The van der Waals surface area contributed by atoms with Gasteiger partial charge in [-0.1, -0.05) is 0 Å². The molecule has 0 saturated heterocycles. The summed E-state index contributed by atoms with van der Waals surface area (Å²) in [5.41, 5.74) is 3.53. The van der Waals surface area contributed by atoms with Crippen LogP contribution in [0.2, 0.25) is 3.63 Å². The number of rotatable bonds is 4. The number of halogens is 2. The van der Waals surface area contributed by atoms with Gasteiger partial charge in [-0.05, 0) is 0 Å². The minimum atomic E-state index is -3.17. The molecular weight excluding hydrogens is 823 g/mol. The molecule has 2 fully saturated rings. The largest absolute Gasteiger partial charge is 1.00 e. The van der Waals surface area contributed by atoms with Gasteiger partial charge in [0.1, 0.15) is 0 Å². The molecule has 4 aromatic rings. The molecule has 58 heavy (non-hydrogen) atoms. The SMILES string of the molecule is CC1=CC=CC2[CH]([Zr+2]([C]3=CC=CC3)=[C](c3cccc4ccccc34)c3cccc4ccccc34)C3(C)C4(C)C=CC=CC4(C)C4(C)C=CC=CC4(C)C3(C)C12C.[Cl-].[Cl-]. The van der Waals surface area contributed by atoms with E-state index in [0.29, 0.717) is 9.54 Å². The van der Waals surface area contributed by atoms with E-state index < -0.39 is 21.3 Å². The van der Waals surface area contributed by atoms with Gasteiger partial charge >= 0.3 is 345 Å². The summed E-state index contributed by atoms with van der Waals surface area (Å²) >= 11 is -3.17. The Morgan fingerprint density at radius 2 is 1.05 bits per heavy atom. The molecule has 294 valence electrons. The number of allylic oxidation sites excluding steroid dienone is 16. The second kappa shape index (κ2) is 13.8. The standard InChI is InChI=1S/C29H37.C21H14.C5H5.2ClH.Zr/c1-21-14-13-15-22-20-27(6)25(4)18-10-9-16-23(25,2)24(3)17-11-12-19-26(24,5)29(27,8)28(21,22)7;1-3-13-20-16(7-1)9-5-11-18(20)15-19-12-6-10-17-8-2-4-14-21(17)19;1-2-4-5-3-1;;;/h9-20,22H,1-8H3;1-14H;1-3H,4H2;2*1H;/q;;;;;+2/p-2. The number of hydrogen-bond acceptors (Lipinski definition) is 0. The van der Waals surface area contributed by atoms with Crippen LogP contribution in [0.4, 0.5) is 0 Å². The van der Waals surface area contributed by atoms with Crippen LogP contribution in [0.1, 0.15) is 72.9 Å². The Morgan fingerprint density at radius 1 is 0.552 bits per heavy atom. The van der Waals surface area contributed by atoms with Gasteiger partial charge in [0.05, 0.1) is 0 Å². The Hall–Kier alpha value is -3.35. The summed E-state index contributed by atoms with van der Waals surface area (Å²) in [6, 6.07) is 32.7. The summed E-state index contributed by atoms with van der Waals surface area (Å²) in [6.07, 6.45) is 36.3. The fraction of sp³-hybridized carbons (Fsp3) is 0.327. The Kier molecular flexibility index (Phi) is 9.88. The first-order chi connectivity index (χ1) is 26.8. The molecule has 9 atom stereocenters. The van der Waals surface area contributed by atoms with Crippen molar-refractivity contribution in [1.29, 1.82) is 0 Å². The summed E-state index contributed by atoms with van der Waals surface area (Å²) in [7, 11) is 0. The first-order valence-corrected chi connectivity index (χ1v) is 24.9. The van der Waals surface area contributed by atoms with Gasteiger partial charge in [-0.3, -0.25) is 0 Å². The van der Waals surface area contributed by atoms with Crippen LogP contribution in [0.3, 0.4) is 0 Å². The van der Waals surface area contributed by atoms with Crippen LogP contribution in [-0.2, 0) is 21.3 Å². The van der Waals surface area contributed by atoms with Crippen molar-refractivity contribution in [1.82, 2.24) is 0 Å². The normalized spacial score (nSPS) is 37.1. The summed E-state index contributed by atoms with van der Waals surface area (Å²) in [4.78, 5) is 0. The maximum absolute atomic E-state index is 3.17. The smallest absolute Gasteiger partial charge is 1.00 e. The zero-order valence-electron chi connectivity index (χ0n) is 35.3. The van der Waals surface area contributed by atoms with Crippen molar-refractivity contribution in [2.75, 3.05) is 0 Å². The Bertz CT molecular complexity index is 2570. The predicted molar refractivity (Wildman–Crippen MR) is 236 cm³/mol. The first-order valence-electron chi connectivity index (χ1n) is 21.0. The van der Waals surface area contributed by atoms with Gasteiger partial charge in [0.25, 0.3) is 0 Å². The molecule has 6 aliphatic carbocycles. The average molecular weight is 879 g/mol. The molecule has 2 saturated carbocycles. The van der Waals surface area contributed by atoms with E-state index in [1.807, 2.05) is 0 Å². The quantitative estimate of drug-likeness (QED) is 0.194. The zero-order chi connectivity index (χ0) is 38.9. The van der Waals surface area contributed by atoms with E-state index in [0.717, 1.165) is 6.42 Å². The molecule has 0 aliphatic heterocycles. The van der Waals surface area contributed by atoms with Gasteiger partial charge in [0, 0.05) is 0 Å². The van der Waals surface area contributed by atoms with Gasteiger partial charge in [-0.15, -0.1) is 0 Å². The van der Waals surface area contributed by atoms with Gasteiger partial charge in [0.2, 0.25) is 0 Å². The number of benzene rings is 4. The van der Waals surface area contributed by atoms with Gasteiger partial charge in [-0.2, -0.15) is 0 Å². The summed E-state index contributed by atoms with van der Waals surface area (Å²) in [5.74, 6) is 0.372. The minimum absolute atomic E-state index is 0. The van der Waals surface area contributed by atoms with Crippen LogP contribution < -0.4 is 24.8 Å². The first kappa shape index (κ1) is 41.4.